The summed E-state index contributed by atoms with van der Waals surface area (Å²) in [5, 5.41) is 3.89. The van der Waals surface area contributed by atoms with Crippen LogP contribution in [-0.2, 0) is 18.4 Å². The van der Waals surface area contributed by atoms with E-state index in [1.165, 1.54) is 35.2 Å². The van der Waals surface area contributed by atoms with Crippen molar-refractivity contribution in [3.63, 3.8) is 0 Å². The van der Waals surface area contributed by atoms with Crippen molar-refractivity contribution in [3.8, 4) is 0 Å². The van der Waals surface area contributed by atoms with Crippen LogP contribution >= 0.6 is 0 Å². The van der Waals surface area contributed by atoms with Crippen molar-refractivity contribution in [1.29, 1.82) is 0 Å². The van der Waals surface area contributed by atoms with E-state index in [4.69, 9.17) is 0 Å². The number of Topliss-reactive ketones (excluding diaryl/α,β-unsaturated/α-hetero) is 1. The highest BCUT2D eigenvalue weighted by molar-refractivity contribution is 5.96. The zero-order valence-electron chi connectivity index (χ0n) is 13.9. The van der Waals surface area contributed by atoms with Crippen molar-refractivity contribution in [1.82, 2.24) is 19.2 Å². The van der Waals surface area contributed by atoms with Crippen LogP contribution in [-0.4, -0.2) is 43.5 Å². The van der Waals surface area contributed by atoms with E-state index in [0.29, 0.717) is 12.1 Å². The molecule has 0 radical (unpaired) electrons. The molecular formula is C17H19FN4O3. The van der Waals surface area contributed by atoms with Crippen LogP contribution < -0.4 is 5.69 Å². The van der Waals surface area contributed by atoms with Crippen molar-refractivity contribution in [3.05, 3.63) is 52.5 Å². The molecule has 1 aromatic heterocycles. The fourth-order valence-corrected chi connectivity index (χ4v) is 3.09. The van der Waals surface area contributed by atoms with Crippen molar-refractivity contribution >= 4 is 11.7 Å². The van der Waals surface area contributed by atoms with E-state index < -0.39 is 5.82 Å². The highest BCUT2D eigenvalue weighted by Gasteiger charge is 2.31. The number of amides is 1. The fraction of sp³-hybridized carbons (Fsp3) is 0.412. The van der Waals surface area contributed by atoms with E-state index in [0.717, 1.165) is 17.5 Å². The molecule has 3 rings (SSSR count). The topological polar surface area (TPSA) is 77.2 Å². The molecule has 132 valence electrons. The van der Waals surface area contributed by atoms with Crippen LogP contribution in [0.15, 0.2) is 35.4 Å². The second-order valence-electron chi connectivity index (χ2n) is 6.20. The lowest BCUT2D eigenvalue weighted by molar-refractivity contribution is -0.132. The van der Waals surface area contributed by atoms with Gasteiger partial charge >= 0.3 is 5.69 Å². The summed E-state index contributed by atoms with van der Waals surface area (Å²) in [6, 6.07) is 5.19. The number of ketones is 1. The quantitative estimate of drug-likeness (QED) is 0.757. The van der Waals surface area contributed by atoms with Gasteiger partial charge in [0.25, 0.3) is 0 Å². The average Bonchev–Trinajstić information content (AvgIpc) is 3.17. The van der Waals surface area contributed by atoms with Crippen LogP contribution in [0, 0.1) is 5.82 Å². The van der Waals surface area contributed by atoms with E-state index in [9.17, 15) is 18.8 Å². The van der Waals surface area contributed by atoms with Gasteiger partial charge in [-0.25, -0.2) is 13.9 Å². The van der Waals surface area contributed by atoms with Crippen LogP contribution in [0.4, 0.5) is 4.39 Å². The summed E-state index contributed by atoms with van der Waals surface area (Å²) >= 11 is 0. The van der Waals surface area contributed by atoms with Crippen molar-refractivity contribution in [2.45, 2.75) is 31.8 Å². The molecule has 0 aliphatic carbocycles. The standard InChI is InChI=1S/C17H19FN4O3/c1-20-11-19-22(17(20)25)10-16(24)21-8-2-3-14(21)9-15(23)12-4-6-13(18)7-5-12/h4-7,11,14H,2-3,8-10H2,1H3/t14-/m1/s1. The molecule has 0 N–H and O–H groups in total. The van der Waals surface area contributed by atoms with Gasteiger partial charge in [-0.2, -0.15) is 5.10 Å². The minimum Gasteiger partial charge on any atom is -0.338 e. The van der Waals surface area contributed by atoms with Gasteiger partial charge < -0.3 is 4.90 Å². The number of aryl methyl sites for hydroxylation is 1. The molecule has 2 aromatic rings. The summed E-state index contributed by atoms with van der Waals surface area (Å²) < 4.78 is 15.4. The minimum atomic E-state index is -0.393. The summed E-state index contributed by atoms with van der Waals surface area (Å²) in [6.07, 6.45) is 3.09. The Hall–Kier alpha value is -2.77. The van der Waals surface area contributed by atoms with Gasteiger partial charge in [0.05, 0.1) is 0 Å². The van der Waals surface area contributed by atoms with Crippen LogP contribution in [0.2, 0.25) is 0 Å². The molecule has 1 fully saturated rings. The molecule has 0 bridgehead atoms. The van der Waals surface area contributed by atoms with E-state index in [1.807, 2.05) is 0 Å². The number of likely N-dealkylation sites (tertiary alicyclic amines) is 1. The molecule has 2 heterocycles. The summed E-state index contributed by atoms with van der Waals surface area (Å²) in [5.41, 5.74) is 0.0770. The summed E-state index contributed by atoms with van der Waals surface area (Å²) in [7, 11) is 1.57. The summed E-state index contributed by atoms with van der Waals surface area (Å²) in [6.45, 7) is 0.419. The molecule has 1 aromatic carbocycles. The van der Waals surface area contributed by atoms with Crippen molar-refractivity contribution in [2.75, 3.05) is 6.54 Å². The molecule has 1 aliphatic rings. The number of nitrogens with zero attached hydrogens (tertiary/aromatic N) is 4. The normalized spacial score (nSPS) is 17.0. The smallest absolute Gasteiger partial charge is 0.338 e. The Balaban J connectivity index is 1.66. The Bertz CT molecular complexity index is 840. The summed E-state index contributed by atoms with van der Waals surface area (Å²) in [5.74, 6) is -0.745. The molecular weight excluding hydrogens is 327 g/mol. The van der Waals surface area contributed by atoms with Gasteiger partial charge in [0, 0.05) is 31.6 Å². The number of rotatable bonds is 5. The van der Waals surface area contributed by atoms with E-state index in [2.05, 4.69) is 5.10 Å². The van der Waals surface area contributed by atoms with Gasteiger partial charge in [0.1, 0.15) is 18.7 Å². The first-order valence-corrected chi connectivity index (χ1v) is 8.12. The predicted molar refractivity (Wildman–Crippen MR) is 87.6 cm³/mol. The zero-order chi connectivity index (χ0) is 18.0. The molecule has 1 aliphatic heterocycles. The number of carbonyl (C=O) groups is 2. The lowest BCUT2D eigenvalue weighted by Gasteiger charge is -2.24. The maximum absolute atomic E-state index is 13.0. The van der Waals surface area contributed by atoms with Gasteiger partial charge in [-0.05, 0) is 37.1 Å². The van der Waals surface area contributed by atoms with Crippen LogP contribution in [0.1, 0.15) is 29.6 Å². The van der Waals surface area contributed by atoms with Crippen LogP contribution in [0.3, 0.4) is 0 Å². The molecule has 0 saturated carbocycles. The lowest BCUT2D eigenvalue weighted by atomic mass is 10.0. The maximum atomic E-state index is 13.0. The van der Waals surface area contributed by atoms with Gasteiger partial charge in [0.2, 0.25) is 5.91 Å². The molecule has 25 heavy (non-hydrogen) atoms. The molecule has 0 spiro atoms. The molecule has 0 unspecified atom stereocenters. The van der Waals surface area contributed by atoms with Crippen LogP contribution in [0.25, 0.3) is 0 Å². The predicted octanol–water partition coefficient (Wildman–Crippen LogP) is 0.985. The monoisotopic (exact) mass is 346 g/mol. The lowest BCUT2D eigenvalue weighted by Crippen LogP contribution is -2.40. The van der Waals surface area contributed by atoms with Crippen LogP contribution in [0.5, 0.6) is 0 Å². The molecule has 1 atom stereocenters. The number of hydrogen-bond acceptors (Lipinski definition) is 4. The number of benzene rings is 1. The first-order valence-electron chi connectivity index (χ1n) is 8.12. The van der Waals surface area contributed by atoms with Gasteiger partial charge in [-0.3, -0.25) is 14.2 Å². The molecule has 7 nitrogen and oxygen atoms in total. The number of halogens is 1. The third-order valence-electron chi connectivity index (χ3n) is 4.46. The Morgan fingerprint density at radius 2 is 2.00 bits per heavy atom. The second-order valence-corrected chi connectivity index (χ2v) is 6.20. The first-order chi connectivity index (χ1) is 12.0. The number of carbonyl (C=O) groups excluding carboxylic acids is 2. The Morgan fingerprint density at radius 3 is 2.64 bits per heavy atom. The van der Waals surface area contributed by atoms with Crippen molar-refractivity contribution in [2.24, 2.45) is 7.05 Å². The largest absolute Gasteiger partial charge is 0.345 e. The molecule has 1 amide bonds. The SMILES string of the molecule is Cn1cnn(CC(=O)N2CCC[C@@H]2CC(=O)c2ccc(F)cc2)c1=O. The minimum absolute atomic E-state index is 0.125. The maximum Gasteiger partial charge on any atom is 0.345 e. The molecule has 8 heteroatoms. The average molecular weight is 346 g/mol. The number of aromatic nitrogens is 3. The first kappa shape index (κ1) is 17.1. The third kappa shape index (κ3) is 3.67. The van der Waals surface area contributed by atoms with Gasteiger partial charge in [-0.15, -0.1) is 0 Å². The second kappa shape index (κ2) is 7.00. The van der Waals surface area contributed by atoms with E-state index in [-0.39, 0.29) is 36.4 Å². The highest BCUT2D eigenvalue weighted by Crippen LogP contribution is 2.22. The Labute approximate surface area is 143 Å². The third-order valence-corrected chi connectivity index (χ3v) is 4.46. The Morgan fingerprint density at radius 1 is 1.28 bits per heavy atom. The van der Waals surface area contributed by atoms with Gasteiger partial charge in [-0.1, -0.05) is 0 Å². The number of hydrogen-bond donors (Lipinski definition) is 0. The molecule has 1 saturated heterocycles. The Kier molecular flexibility index (Phi) is 4.78. The highest BCUT2D eigenvalue weighted by atomic mass is 19.1. The fourth-order valence-electron chi connectivity index (χ4n) is 3.09. The van der Waals surface area contributed by atoms with Crippen molar-refractivity contribution < 1.29 is 14.0 Å². The van der Waals surface area contributed by atoms with Gasteiger partial charge in [0.15, 0.2) is 5.78 Å². The van der Waals surface area contributed by atoms with E-state index >= 15 is 0 Å². The van der Waals surface area contributed by atoms with E-state index in [1.54, 1.807) is 11.9 Å². The zero-order valence-corrected chi connectivity index (χ0v) is 13.9. The summed E-state index contributed by atoms with van der Waals surface area (Å²) in [4.78, 5) is 38.3.